The second-order valence-electron chi connectivity index (χ2n) is 10.0. The number of carbonyl (C=O) groups is 1. The van der Waals surface area contributed by atoms with Crippen molar-refractivity contribution in [1.29, 1.82) is 0 Å². The predicted octanol–water partition coefficient (Wildman–Crippen LogP) is 6.79. The molecule has 4 aliphatic carbocycles. The van der Waals surface area contributed by atoms with Crippen molar-refractivity contribution in [2.45, 2.75) is 89.4 Å². The zero-order chi connectivity index (χ0) is 20.9. The van der Waals surface area contributed by atoms with Crippen molar-refractivity contribution in [1.82, 2.24) is 0 Å². The first-order valence-electron chi connectivity index (χ1n) is 11.7. The SMILES string of the molecule is C[C@]12CCC3=C4CCC(=O)C=C4CC[C@H]3[C@@H]1CC[C@@]2(OC1CCCCO1)C(Cl)=CCl. The Balaban J connectivity index is 1.50. The minimum Gasteiger partial charge on any atom is -0.353 e. The lowest BCUT2D eigenvalue weighted by Gasteiger charge is -2.54. The van der Waals surface area contributed by atoms with Gasteiger partial charge in [-0.05, 0) is 93.3 Å². The molecular formula is C25H32Cl2O3. The first kappa shape index (κ1) is 21.2. The van der Waals surface area contributed by atoms with Gasteiger partial charge in [0.2, 0.25) is 0 Å². The van der Waals surface area contributed by atoms with Gasteiger partial charge in [0, 0.05) is 24.0 Å². The lowest BCUT2D eigenvalue weighted by Crippen LogP contribution is -2.53. The zero-order valence-corrected chi connectivity index (χ0v) is 19.4. The van der Waals surface area contributed by atoms with Crippen LogP contribution in [0, 0.1) is 17.3 Å². The molecule has 0 N–H and O–H groups in total. The number of ether oxygens (including phenoxy) is 2. The Kier molecular flexibility index (Phi) is 5.71. The van der Waals surface area contributed by atoms with E-state index in [9.17, 15) is 4.79 Å². The molecule has 0 amide bonds. The second kappa shape index (κ2) is 8.06. The van der Waals surface area contributed by atoms with Crippen LogP contribution in [-0.2, 0) is 14.3 Å². The van der Waals surface area contributed by atoms with Crippen molar-refractivity contribution >= 4 is 29.0 Å². The average molecular weight is 451 g/mol. The van der Waals surface area contributed by atoms with Crippen molar-refractivity contribution in [2.75, 3.05) is 6.61 Å². The van der Waals surface area contributed by atoms with Crippen LogP contribution < -0.4 is 0 Å². The Morgan fingerprint density at radius 2 is 2.03 bits per heavy atom. The van der Waals surface area contributed by atoms with Gasteiger partial charge >= 0.3 is 0 Å². The van der Waals surface area contributed by atoms with Crippen molar-refractivity contribution < 1.29 is 14.3 Å². The Hall–Kier alpha value is -0.610. The van der Waals surface area contributed by atoms with Crippen LogP contribution in [0.1, 0.15) is 77.6 Å². The lowest BCUT2D eigenvalue weighted by molar-refractivity contribution is -0.241. The number of halogens is 2. The quantitative estimate of drug-likeness (QED) is 0.474. The molecule has 0 radical (unpaired) electrons. The average Bonchev–Trinajstić information content (AvgIpc) is 3.06. The standard InChI is InChI=1S/C25H32Cl2O3/c1-24-11-9-19-18-8-6-17(28)14-16(18)5-7-20(19)21(24)10-12-25(24,22(27)15-26)30-23-4-2-3-13-29-23/h14-15,20-21,23H,2-13H2,1H3/t20-,21+,23?,24+,25-/m1/s1. The first-order chi connectivity index (χ1) is 14.5. The molecule has 0 aromatic carbocycles. The summed E-state index contributed by atoms with van der Waals surface area (Å²) in [7, 11) is 0. The fourth-order valence-corrected chi connectivity index (χ4v) is 7.82. The van der Waals surface area contributed by atoms with Crippen LogP contribution in [0.3, 0.4) is 0 Å². The molecule has 2 saturated carbocycles. The van der Waals surface area contributed by atoms with Gasteiger partial charge in [0.15, 0.2) is 12.1 Å². The number of carbonyl (C=O) groups excluding carboxylic acids is 1. The maximum absolute atomic E-state index is 11.9. The summed E-state index contributed by atoms with van der Waals surface area (Å²) in [4.78, 5) is 11.9. The highest BCUT2D eigenvalue weighted by Crippen LogP contribution is 2.67. The monoisotopic (exact) mass is 450 g/mol. The second-order valence-corrected chi connectivity index (χ2v) is 10.7. The van der Waals surface area contributed by atoms with E-state index in [1.54, 1.807) is 5.57 Å². The van der Waals surface area contributed by atoms with E-state index in [0.717, 1.165) is 70.8 Å². The van der Waals surface area contributed by atoms with Gasteiger partial charge in [0.1, 0.15) is 5.60 Å². The van der Waals surface area contributed by atoms with Crippen LogP contribution in [0.4, 0.5) is 0 Å². The molecular weight excluding hydrogens is 419 g/mol. The fourth-order valence-electron chi connectivity index (χ4n) is 7.29. The maximum atomic E-state index is 11.9. The number of rotatable bonds is 3. The molecule has 164 valence electrons. The van der Waals surface area contributed by atoms with Crippen LogP contribution in [0.25, 0.3) is 0 Å². The van der Waals surface area contributed by atoms with Gasteiger partial charge in [-0.1, -0.05) is 35.7 Å². The number of fused-ring (bicyclic) bond motifs is 4. The normalized spacial score (nSPS) is 41.8. The maximum Gasteiger partial charge on any atom is 0.158 e. The number of hydrogen-bond acceptors (Lipinski definition) is 3. The summed E-state index contributed by atoms with van der Waals surface area (Å²) in [5, 5.41) is 0.638. The Morgan fingerprint density at radius 3 is 2.80 bits per heavy atom. The van der Waals surface area contributed by atoms with Crippen LogP contribution in [0.5, 0.6) is 0 Å². The fraction of sp³-hybridized carbons (Fsp3) is 0.720. The van der Waals surface area contributed by atoms with Crippen molar-refractivity contribution in [3.05, 3.63) is 33.4 Å². The molecule has 3 fully saturated rings. The molecule has 1 saturated heterocycles. The Morgan fingerprint density at radius 1 is 1.17 bits per heavy atom. The largest absolute Gasteiger partial charge is 0.353 e. The van der Waals surface area contributed by atoms with Gasteiger partial charge in [-0.15, -0.1) is 0 Å². The van der Waals surface area contributed by atoms with E-state index in [1.165, 1.54) is 16.7 Å². The van der Waals surface area contributed by atoms with Crippen LogP contribution >= 0.6 is 23.2 Å². The third-order valence-electron chi connectivity index (χ3n) is 8.80. The minimum absolute atomic E-state index is 0.0588. The molecule has 3 nitrogen and oxygen atoms in total. The van der Waals surface area contributed by atoms with Gasteiger partial charge in [-0.25, -0.2) is 0 Å². The smallest absolute Gasteiger partial charge is 0.158 e. The topological polar surface area (TPSA) is 35.5 Å². The van der Waals surface area contributed by atoms with E-state index >= 15 is 0 Å². The van der Waals surface area contributed by atoms with Crippen LogP contribution in [-0.4, -0.2) is 24.3 Å². The van der Waals surface area contributed by atoms with Gasteiger partial charge in [0.25, 0.3) is 0 Å². The third-order valence-corrected chi connectivity index (χ3v) is 9.55. The molecule has 0 bridgehead atoms. The highest BCUT2D eigenvalue weighted by Gasteiger charge is 2.64. The lowest BCUT2D eigenvalue weighted by atomic mass is 9.55. The van der Waals surface area contributed by atoms with E-state index in [0.29, 0.717) is 29.1 Å². The van der Waals surface area contributed by atoms with E-state index < -0.39 is 5.60 Å². The molecule has 5 aliphatic rings. The van der Waals surface area contributed by atoms with Crippen LogP contribution in [0.2, 0.25) is 0 Å². The number of ketones is 1. The summed E-state index contributed by atoms with van der Waals surface area (Å²) in [5.74, 6) is 1.40. The molecule has 1 unspecified atom stereocenters. The zero-order valence-electron chi connectivity index (χ0n) is 17.9. The molecule has 5 heteroatoms. The Bertz CT molecular complexity index is 822. The predicted molar refractivity (Wildman–Crippen MR) is 119 cm³/mol. The summed E-state index contributed by atoms with van der Waals surface area (Å²) in [6, 6.07) is 0. The van der Waals surface area contributed by atoms with Crippen molar-refractivity contribution in [3.63, 3.8) is 0 Å². The Labute approximate surface area is 189 Å². The highest BCUT2D eigenvalue weighted by molar-refractivity contribution is 6.37. The van der Waals surface area contributed by atoms with E-state index in [4.69, 9.17) is 32.7 Å². The summed E-state index contributed by atoms with van der Waals surface area (Å²) >= 11 is 13.1. The van der Waals surface area contributed by atoms with Gasteiger partial charge in [0.05, 0.1) is 5.03 Å². The molecule has 0 aromatic heterocycles. The number of hydrogen-bond donors (Lipinski definition) is 0. The number of allylic oxidation sites excluding steroid dienone is 4. The van der Waals surface area contributed by atoms with E-state index in [-0.39, 0.29) is 11.7 Å². The molecule has 5 atom stereocenters. The molecule has 0 aromatic rings. The summed E-state index contributed by atoms with van der Waals surface area (Å²) < 4.78 is 12.8. The van der Waals surface area contributed by atoms with E-state index in [2.05, 4.69) is 6.92 Å². The third kappa shape index (κ3) is 3.18. The summed E-state index contributed by atoms with van der Waals surface area (Å²) in [6.07, 6.45) is 12.8. The molecule has 30 heavy (non-hydrogen) atoms. The molecule has 1 aliphatic heterocycles. The van der Waals surface area contributed by atoms with Gasteiger partial charge in [-0.2, -0.15) is 0 Å². The van der Waals surface area contributed by atoms with Gasteiger partial charge < -0.3 is 9.47 Å². The first-order valence-corrected chi connectivity index (χ1v) is 12.5. The van der Waals surface area contributed by atoms with Crippen molar-refractivity contribution in [2.24, 2.45) is 17.3 Å². The molecule has 5 rings (SSSR count). The van der Waals surface area contributed by atoms with E-state index in [1.807, 2.05) is 6.08 Å². The molecule has 1 heterocycles. The molecule has 0 spiro atoms. The summed E-state index contributed by atoms with van der Waals surface area (Å²) in [5.41, 5.74) is 5.35. The highest BCUT2D eigenvalue weighted by atomic mass is 35.5. The minimum atomic E-state index is -0.558. The van der Waals surface area contributed by atoms with Gasteiger partial charge in [-0.3, -0.25) is 4.79 Å². The summed E-state index contributed by atoms with van der Waals surface area (Å²) in [6.45, 7) is 3.14. The van der Waals surface area contributed by atoms with Crippen molar-refractivity contribution in [3.8, 4) is 0 Å². The van der Waals surface area contributed by atoms with Crippen LogP contribution in [0.15, 0.2) is 33.4 Å².